The van der Waals surface area contributed by atoms with E-state index in [1.807, 2.05) is 0 Å². The van der Waals surface area contributed by atoms with Crippen molar-refractivity contribution in [3.63, 3.8) is 0 Å². The summed E-state index contributed by atoms with van der Waals surface area (Å²) in [7, 11) is 1.41. The molecule has 1 aliphatic rings. The van der Waals surface area contributed by atoms with Crippen LogP contribution in [0.25, 0.3) is 0 Å². The van der Waals surface area contributed by atoms with E-state index in [0.717, 1.165) is 6.92 Å². The molecular weight excluding hydrogens is 446 g/mol. The van der Waals surface area contributed by atoms with Crippen molar-refractivity contribution in [3.8, 4) is 5.88 Å². The molecule has 2 aromatic rings. The summed E-state index contributed by atoms with van der Waals surface area (Å²) in [6, 6.07) is 6.24. The van der Waals surface area contributed by atoms with Gasteiger partial charge >= 0.3 is 6.18 Å². The predicted molar refractivity (Wildman–Crippen MR) is 114 cm³/mol. The van der Waals surface area contributed by atoms with E-state index in [4.69, 9.17) is 20.9 Å². The number of halogens is 4. The Labute approximate surface area is 187 Å². The molecular formula is C21H23F4N5O3. The highest BCUT2D eigenvalue weighted by atomic mass is 19.4. The van der Waals surface area contributed by atoms with Crippen molar-refractivity contribution >= 4 is 23.2 Å². The molecule has 8 nitrogen and oxygen atoms in total. The summed E-state index contributed by atoms with van der Waals surface area (Å²) in [6.07, 6.45) is -4.37. The number of ether oxygens (including phenoxy) is 2. The first-order valence-electron chi connectivity index (χ1n) is 9.89. The lowest BCUT2D eigenvalue weighted by molar-refractivity contribution is -0.245. The van der Waals surface area contributed by atoms with Gasteiger partial charge in [0.2, 0.25) is 11.5 Å². The van der Waals surface area contributed by atoms with E-state index in [9.17, 15) is 22.4 Å². The fourth-order valence-corrected chi connectivity index (χ4v) is 3.20. The Hall–Kier alpha value is -3.41. The molecule has 5 N–H and O–H groups in total. The molecule has 1 aliphatic heterocycles. The quantitative estimate of drug-likeness (QED) is 0.559. The normalized spacial score (nSPS) is 20.8. The van der Waals surface area contributed by atoms with Gasteiger partial charge in [0.1, 0.15) is 17.5 Å². The largest absolute Gasteiger partial charge is 0.481 e. The Bertz CT molecular complexity index is 1080. The number of nitrogens with zero attached hydrogens (tertiary/aromatic N) is 2. The molecule has 0 saturated heterocycles. The number of nitrogen functional groups attached to an aromatic ring is 1. The minimum Gasteiger partial charge on any atom is -0.481 e. The molecule has 0 fully saturated rings. The van der Waals surface area contributed by atoms with Gasteiger partial charge < -0.3 is 26.3 Å². The molecule has 0 unspecified atom stereocenters. The van der Waals surface area contributed by atoms with Gasteiger partial charge in [0.05, 0.1) is 25.3 Å². The molecule has 0 aliphatic carbocycles. The molecule has 1 aromatic carbocycles. The second-order valence-corrected chi connectivity index (χ2v) is 7.60. The van der Waals surface area contributed by atoms with Crippen LogP contribution in [0.3, 0.4) is 0 Å². The Morgan fingerprint density at radius 3 is 2.64 bits per heavy atom. The van der Waals surface area contributed by atoms with Crippen molar-refractivity contribution in [1.29, 1.82) is 0 Å². The van der Waals surface area contributed by atoms with E-state index in [2.05, 4.69) is 15.3 Å². The third kappa shape index (κ3) is 5.16. The number of pyridine rings is 1. The third-order valence-electron chi connectivity index (χ3n) is 5.32. The summed E-state index contributed by atoms with van der Waals surface area (Å²) in [6.45, 7) is 0.511. The molecule has 33 heavy (non-hydrogen) atoms. The number of nitrogens with one attached hydrogen (secondary N) is 1. The van der Waals surface area contributed by atoms with Gasteiger partial charge in [-0.15, -0.1) is 0 Å². The maximum Gasteiger partial charge on any atom is 0.424 e. The third-order valence-corrected chi connectivity index (χ3v) is 5.32. The number of hydrogen-bond donors (Lipinski definition) is 3. The lowest BCUT2D eigenvalue weighted by atomic mass is 10.00. The number of methoxy groups -OCH3 is 1. The second-order valence-electron chi connectivity index (χ2n) is 7.60. The molecule has 0 radical (unpaired) electrons. The second kappa shape index (κ2) is 9.22. The number of benzene rings is 1. The van der Waals surface area contributed by atoms with Gasteiger partial charge in [-0.2, -0.15) is 18.2 Å². The maximum atomic E-state index is 14.3. The van der Waals surface area contributed by atoms with E-state index in [-0.39, 0.29) is 42.3 Å². The standard InChI is InChI=1S/C21H23F4N5O3/c1-20(21(23,24)25)19(27)29-13(10-33-20)4-3-11-9-12(5-7-15(11)22)28-18(31)14-6-8-16(32-2)30-17(14)26/h5-9,13H,3-4,10H2,1-2H3,(H2,26,30)(H2,27,29)(H,28,31)/t13-,20+/m0/s1. The number of rotatable bonds is 6. The van der Waals surface area contributed by atoms with Crippen molar-refractivity contribution in [2.24, 2.45) is 10.7 Å². The number of carbonyl (C=O) groups excluding carboxylic acids is 1. The molecule has 0 saturated carbocycles. The van der Waals surface area contributed by atoms with Crippen LogP contribution in [-0.2, 0) is 11.2 Å². The summed E-state index contributed by atoms with van der Waals surface area (Å²) in [5.74, 6) is -1.54. The van der Waals surface area contributed by atoms with Crippen LogP contribution in [0.1, 0.15) is 29.3 Å². The van der Waals surface area contributed by atoms with Crippen LogP contribution < -0.4 is 21.5 Å². The van der Waals surface area contributed by atoms with Gasteiger partial charge in [0, 0.05) is 11.8 Å². The Morgan fingerprint density at radius 2 is 2.03 bits per heavy atom. The summed E-state index contributed by atoms with van der Waals surface area (Å²) in [4.78, 5) is 20.3. The van der Waals surface area contributed by atoms with Crippen molar-refractivity contribution < 1.29 is 31.8 Å². The molecule has 12 heteroatoms. The lowest BCUT2D eigenvalue weighted by Crippen LogP contribution is -2.58. The van der Waals surface area contributed by atoms with Crippen LogP contribution >= 0.6 is 0 Å². The highest BCUT2D eigenvalue weighted by Gasteiger charge is 2.57. The van der Waals surface area contributed by atoms with Crippen LogP contribution in [0.2, 0.25) is 0 Å². The Balaban J connectivity index is 1.68. The number of nitrogens with two attached hydrogens (primary N) is 2. The summed E-state index contributed by atoms with van der Waals surface area (Å²) in [5, 5.41) is 2.61. The van der Waals surface area contributed by atoms with Crippen LogP contribution in [-0.4, -0.2) is 48.3 Å². The first kappa shape index (κ1) is 24.2. The first-order valence-corrected chi connectivity index (χ1v) is 9.89. The van der Waals surface area contributed by atoms with Gasteiger partial charge in [0.25, 0.3) is 5.91 Å². The zero-order valence-electron chi connectivity index (χ0n) is 17.9. The van der Waals surface area contributed by atoms with E-state index in [1.165, 1.54) is 37.4 Å². The number of aliphatic imine (C=N–C) groups is 1. The Kier molecular flexibility index (Phi) is 6.77. The molecule has 0 bridgehead atoms. The van der Waals surface area contributed by atoms with E-state index in [1.54, 1.807) is 0 Å². The monoisotopic (exact) mass is 469 g/mol. The molecule has 3 rings (SSSR count). The number of amides is 1. The molecule has 1 aromatic heterocycles. The predicted octanol–water partition coefficient (Wildman–Crippen LogP) is 3.07. The summed E-state index contributed by atoms with van der Waals surface area (Å²) < 4.78 is 63.7. The maximum absolute atomic E-state index is 14.3. The zero-order valence-corrected chi connectivity index (χ0v) is 17.9. The number of aryl methyl sites for hydroxylation is 1. The Morgan fingerprint density at radius 1 is 1.30 bits per heavy atom. The smallest absolute Gasteiger partial charge is 0.424 e. The first-order chi connectivity index (χ1) is 15.4. The van der Waals surface area contributed by atoms with Gasteiger partial charge in [-0.1, -0.05) is 0 Å². The fraction of sp³-hybridized carbons (Fsp3) is 0.381. The van der Waals surface area contributed by atoms with Gasteiger partial charge in [-0.25, -0.2) is 4.39 Å². The van der Waals surface area contributed by atoms with Gasteiger partial charge in [-0.3, -0.25) is 9.79 Å². The highest BCUT2D eigenvalue weighted by molar-refractivity contribution is 6.07. The minimum absolute atomic E-state index is 0.0345. The van der Waals surface area contributed by atoms with E-state index >= 15 is 0 Å². The minimum atomic E-state index is -4.70. The molecule has 2 atom stereocenters. The summed E-state index contributed by atoms with van der Waals surface area (Å²) in [5.41, 5.74) is 9.30. The molecule has 1 amide bonds. The highest BCUT2D eigenvalue weighted by Crippen LogP contribution is 2.36. The summed E-state index contributed by atoms with van der Waals surface area (Å²) >= 11 is 0. The van der Waals surface area contributed by atoms with Crippen LogP contribution in [0, 0.1) is 5.82 Å². The van der Waals surface area contributed by atoms with Crippen molar-refractivity contribution in [2.75, 3.05) is 24.8 Å². The number of carbonyl (C=O) groups is 1. The number of hydrogen-bond acceptors (Lipinski definition) is 7. The van der Waals surface area contributed by atoms with E-state index < -0.39 is 35.4 Å². The van der Waals surface area contributed by atoms with Gasteiger partial charge in [-0.05, 0) is 49.6 Å². The van der Waals surface area contributed by atoms with Crippen LogP contribution in [0.5, 0.6) is 5.88 Å². The topological polar surface area (TPSA) is 125 Å². The number of alkyl halides is 3. The average Bonchev–Trinajstić information content (AvgIpc) is 2.75. The van der Waals surface area contributed by atoms with Crippen molar-refractivity contribution in [1.82, 2.24) is 4.98 Å². The fourth-order valence-electron chi connectivity index (χ4n) is 3.20. The van der Waals surface area contributed by atoms with Crippen molar-refractivity contribution in [2.45, 2.75) is 37.6 Å². The number of aromatic nitrogens is 1. The van der Waals surface area contributed by atoms with Crippen molar-refractivity contribution in [3.05, 3.63) is 47.3 Å². The van der Waals surface area contributed by atoms with Crippen LogP contribution in [0.15, 0.2) is 35.3 Å². The zero-order chi connectivity index (χ0) is 24.4. The van der Waals surface area contributed by atoms with Gasteiger partial charge in [0.15, 0.2) is 0 Å². The number of amidine groups is 1. The average molecular weight is 469 g/mol. The van der Waals surface area contributed by atoms with E-state index in [0.29, 0.717) is 5.69 Å². The van der Waals surface area contributed by atoms with Crippen LogP contribution in [0.4, 0.5) is 29.1 Å². The molecule has 2 heterocycles. The SMILES string of the molecule is COc1ccc(C(=O)Nc2ccc(F)c(CC[C@H]3CO[C@@](C)(C(F)(F)F)C(N)=N3)c2)c(N)n1. The number of anilines is 2. The lowest BCUT2D eigenvalue weighted by Gasteiger charge is -2.36. The molecule has 178 valence electrons. The molecule has 0 spiro atoms.